The van der Waals surface area contributed by atoms with E-state index in [4.69, 9.17) is 5.11 Å². The van der Waals surface area contributed by atoms with Gasteiger partial charge in [-0.1, -0.05) is 31.2 Å². The highest BCUT2D eigenvalue weighted by Crippen LogP contribution is 2.33. The number of unbranched alkanes of at least 4 members (excludes halogenated alkanes) is 1. The smallest absolute Gasteiger partial charge is 0.303 e. The predicted octanol–water partition coefficient (Wildman–Crippen LogP) is 2.72. The maximum absolute atomic E-state index is 12.1. The quantitative estimate of drug-likeness (QED) is 0.315. The molecule has 1 unspecified atom stereocenters. The lowest BCUT2D eigenvalue weighted by Gasteiger charge is -2.18. The number of ketones is 1. The van der Waals surface area contributed by atoms with Crippen LogP contribution in [-0.4, -0.2) is 39.3 Å². The summed E-state index contributed by atoms with van der Waals surface area (Å²) < 4.78 is 0. The zero-order valence-electron chi connectivity index (χ0n) is 15.6. The number of aliphatic hydroxyl groups excluding tert-OH is 2. The maximum Gasteiger partial charge on any atom is 0.303 e. The van der Waals surface area contributed by atoms with Crippen LogP contribution >= 0.6 is 0 Å². The second-order valence-electron chi connectivity index (χ2n) is 6.90. The first-order valence-electron chi connectivity index (χ1n) is 9.20. The van der Waals surface area contributed by atoms with E-state index in [9.17, 15) is 19.8 Å². The summed E-state index contributed by atoms with van der Waals surface area (Å²) in [5, 5.41) is 28.9. The van der Waals surface area contributed by atoms with Crippen LogP contribution in [0.25, 0.3) is 0 Å². The minimum atomic E-state index is -0.810. The summed E-state index contributed by atoms with van der Waals surface area (Å²) in [6.45, 7) is 3.67. The molecule has 0 heterocycles. The molecule has 144 valence electrons. The third-order valence-corrected chi connectivity index (χ3v) is 4.77. The lowest BCUT2D eigenvalue weighted by molar-refractivity contribution is -0.137. The Bertz CT molecular complexity index is 581. The number of allylic oxidation sites excluding steroid dienone is 2. The average Bonchev–Trinajstić information content (AvgIpc) is 2.86. The van der Waals surface area contributed by atoms with Gasteiger partial charge in [0, 0.05) is 31.1 Å². The zero-order chi connectivity index (χ0) is 19.5. The van der Waals surface area contributed by atoms with Gasteiger partial charge in [0.25, 0.3) is 0 Å². The molecule has 0 aliphatic heterocycles. The van der Waals surface area contributed by atoms with Crippen LogP contribution < -0.4 is 0 Å². The van der Waals surface area contributed by atoms with Gasteiger partial charge in [0.2, 0.25) is 0 Å². The second-order valence-corrected chi connectivity index (χ2v) is 6.90. The molecule has 5 atom stereocenters. The summed E-state index contributed by atoms with van der Waals surface area (Å²) in [7, 11) is 0. The minimum Gasteiger partial charge on any atom is -0.481 e. The van der Waals surface area contributed by atoms with Crippen molar-refractivity contribution < 1.29 is 24.9 Å². The third kappa shape index (κ3) is 7.55. The van der Waals surface area contributed by atoms with Crippen LogP contribution in [0, 0.1) is 29.6 Å². The van der Waals surface area contributed by atoms with Crippen molar-refractivity contribution in [3.63, 3.8) is 0 Å². The number of carboxylic acid groups (broad SMARTS) is 1. The summed E-state index contributed by atoms with van der Waals surface area (Å²) in [5.74, 6) is 4.35. The van der Waals surface area contributed by atoms with Gasteiger partial charge in [-0.25, -0.2) is 0 Å². The van der Waals surface area contributed by atoms with Crippen LogP contribution in [0.2, 0.25) is 0 Å². The Balaban J connectivity index is 2.59. The first-order chi connectivity index (χ1) is 12.4. The van der Waals surface area contributed by atoms with E-state index in [1.165, 1.54) is 0 Å². The van der Waals surface area contributed by atoms with Crippen LogP contribution in [0.1, 0.15) is 52.4 Å². The van der Waals surface area contributed by atoms with Gasteiger partial charge < -0.3 is 15.3 Å². The number of carbonyl (C=O) groups excluding carboxylic acids is 1. The van der Waals surface area contributed by atoms with Gasteiger partial charge in [-0.2, -0.15) is 0 Å². The molecule has 26 heavy (non-hydrogen) atoms. The molecule has 0 saturated heterocycles. The van der Waals surface area contributed by atoms with Crippen molar-refractivity contribution in [1.29, 1.82) is 0 Å². The van der Waals surface area contributed by atoms with E-state index in [2.05, 4.69) is 11.8 Å². The van der Waals surface area contributed by atoms with E-state index in [0.29, 0.717) is 25.7 Å². The van der Waals surface area contributed by atoms with Crippen LogP contribution in [-0.2, 0) is 9.59 Å². The fourth-order valence-electron chi connectivity index (χ4n) is 3.07. The molecule has 0 spiro atoms. The third-order valence-electron chi connectivity index (χ3n) is 4.77. The minimum absolute atomic E-state index is 0.0134. The average molecular weight is 362 g/mol. The normalized spacial score (nSPS) is 25.4. The Morgan fingerprint density at radius 1 is 1.38 bits per heavy atom. The van der Waals surface area contributed by atoms with Gasteiger partial charge in [0.1, 0.15) is 5.78 Å². The second kappa shape index (κ2) is 11.7. The first-order valence-corrected chi connectivity index (χ1v) is 9.20. The number of hydrogen-bond donors (Lipinski definition) is 3. The monoisotopic (exact) mass is 362 g/mol. The summed E-state index contributed by atoms with van der Waals surface area (Å²) in [4.78, 5) is 22.6. The van der Waals surface area contributed by atoms with Crippen molar-refractivity contribution >= 4 is 11.8 Å². The SMILES string of the molecule is CC#CCC(C)[C@H](O)C=C[C@H]1[C@H](O)CC(=O)[C@@H]1CC=CCCCC(=O)O. The van der Waals surface area contributed by atoms with Crippen molar-refractivity contribution in [3.05, 3.63) is 24.3 Å². The van der Waals surface area contributed by atoms with Crippen LogP contribution in [0.3, 0.4) is 0 Å². The summed E-state index contributed by atoms with van der Waals surface area (Å²) in [5.41, 5.74) is 0. The Hall–Kier alpha value is -1.90. The van der Waals surface area contributed by atoms with Crippen LogP contribution in [0.4, 0.5) is 0 Å². The lowest BCUT2D eigenvalue weighted by atomic mass is 9.89. The lowest BCUT2D eigenvalue weighted by Crippen LogP contribution is -2.20. The van der Waals surface area contributed by atoms with E-state index >= 15 is 0 Å². The van der Waals surface area contributed by atoms with Gasteiger partial charge in [-0.3, -0.25) is 9.59 Å². The molecular weight excluding hydrogens is 332 g/mol. The van der Waals surface area contributed by atoms with E-state index < -0.39 is 18.2 Å². The van der Waals surface area contributed by atoms with Crippen LogP contribution in [0.5, 0.6) is 0 Å². The van der Waals surface area contributed by atoms with Gasteiger partial charge >= 0.3 is 5.97 Å². The molecule has 1 aliphatic rings. The number of aliphatic hydroxyl groups is 2. The van der Waals surface area contributed by atoms with Crippen molar-refractivity contribution in [1.82, 2.24) is 0 Å². The molecule has 1 saturated carbocycles. The number of hydrogen-bond acceptors (Lipinski definition) is 4. The number of rotatable bonds is 10. The summed E-state index contributed by atoms with van der Waals surface area (Å²) >= 11 is 0. The number of carbonyl (C=O) groups is 2. The molecule has 5 nitrogen and oxygen atoms in total. The van der Waals surface area contributed by atoms with E-state index in [-0.39, 0.29) is 36.4 Å². The standard InChI is InChI=1S/C21H30O5/c1-3-4-9-15(2)18(22)13-12-17-16(19(23)14-20(17)24)10-7-5-6-8-11-21(25)26/h5,7,12-13,15-18,20,22,24H,6,8-11,14H2,1-2H3,(H,25,26)/t15?,16-,17-,18-,20-/m1/s1. The molecule has 0 amide bonds. The van der Waals surface area contributed by atoms with Gasteiger partial charge in [0.15, 0.2) is 0 Å². The highest BCUT2D eigenvalue weighted by atomic mass is 16.4. The molecule has 3 N–H and O–H groups in total. The van der Waals surface area contributed by atoms with Crippen molar-refractivity contribution in [2.75, 3.05) is 0 Å². The topological polar surface area (TPSA) is 94.8 Å². The molecule has 1 fully saturated rings. The van der Waals surface area contributed by atoms with Crippen LogP contribution in [0.15, 0.2) is 24.3 Å². The first kappa shape index (κ1) is 22.1. The Kier molecular flexibility index (Phi) is 9.93. The maximum atomic E-state index is 12.1. The molecule has 5 heteroatoms. The van der Waals surface area contributed by atoms with Crippen molar-refractivity contribution in [3.8, 4) is 11.8 Å². The molecular formula is C21H30O5. The number of carboxylic acids is 1. The van der Waals surface area contributed by atoms with Gasteiger partial charge in [-0.05, 0) is 32.1 Å². The fraction of sp³-hybridized carbons (Fsp3) is 0.619. The number of aliphatic carboxylic acids is 1. The fourth-order valence-corrected chi connectivity index (χ4v) is 3.07. The molecule has 0 aromatic rings. The molecule has 0 aromatic heterocycles. The molecule has 1 aliphatic carbocycles. The van der Waals surface area contributed by atoms with Gasteiger partial charge in [-0.15, -0.1) is 11.8 Å². The molecule has 0 bridgehead atoms. The number of Topliss-reactive ketones (excluding diaryl/α,β-unsaturated/α-hetero) is 1. The summed E-state index contributed by atoms with van der Waals surface area (Å²) in [6.07, 6.45) is 8.44. The van der Waals surface area contributed by atoms with Gasteiger partial charge in [0.05, 0.1) is 12.2 Å². The van der Waals surface area contributed by atoms with E-state index in [1.54, 1.807) is 19.1 Å². The Morgan fingerprint density at radius 2 is 2.12 bits per heavy atom. The predicted molar refractivity (Wildman–Crippen MR) is 100 cm³/mol. The Labute approximate surface area is 155 Å². The van der Waals surface area contributed by atoms with Crippen molar-refractivity contribution in [2.45, 2.75) is 64.6 Å². The summed E-state index contributed by atoms with van der Waals surface area (Å²) in [6, 6.07) is 0. The highest BCUT2D eigenvalue weighted by Gasteiger charge is 2.39. The van der Waals surface area contributed by atoms with E-state index in [1.807, 2.05) is 19.1 Å². The molecule has 1 rings (SSSR count). The molecule has 0 radical (unpaired) electrons. The highest BCUT2D eigenvalue weighted by molar-refractivity contribution is 5.84. The Morgan fingerprint density at radius 3 is 2.77 bits per heavy atom. The molecule has 0 aromatic carbocycles. The largest absolute Gasteiger partial charge is 0.481 e. The van der Waals surface area contributed by atoms with E-state index in [0.717, 1.165) is 0 Å². The zero-order valence-corrected chi connectivity index (χ0v) is 15.6. The van der Waals surface area contributed by atoms with Crippen molar-refractivity contribution in [2.24, 2.45) is 17.8 Å².